The van der Waals surface area contributed by atoms with E-state index in [1.807, 2.05) is 36.5 Å². The van der Waals surface area contributed by atoms with E-state index in [9.17, 15) is 23.1 Å². The normalized spacial score (nSPS) is 19.4. The molecule has 6 N–H and O–H groups in total. The minimum absolute atomic E-state index is 0.0313. The van der Waals surface area contributed by atoms with Gasteiger partial charge in [0.15, 0.2) is 0 Å². The second-order valence-corrected chi connectivity index (χ2v) is 21.3. The Hall–Kier alpha value is -5.22. The number of anilines is 2. The molecule has 13 nitrogen and oxygen atoms in total. The molecule has 0 radical (unpaired) electrons. The lowest BCUT2D eigenvalue weighted by molar-refractivity contribution is -0.108. The topological polar surface area (TPSA) is 174 Å². The number of hydrogen-bond donors (Lipinski definition) is 6. The molecule has 1 atom stereocenters. The molecule has 1 saturated heterocycles. The Kier molecular flexibility index (Phi) is 16.3. The molecule has 15 heteroatoms. The molecule has 1 aliphatic heterocycles. The fraction of sp³-hybridized carbons (Fsp3) is 0.434. The van der Waals surface area contributed by atoms with E-state index >= 15 is 0 Å². The number of sulfonamides is 1. The number of carbonyl (C=O) groups is 2. The zero-order valence-corrected chi connectivity index (χ0v) is 40.7. The van der Waals surface area contributed by atoms with Crippen LogP contribution in [0.2, 0.25) is 5.02 Å². The van der Waals surface area contributed by atoms with Crippen LogP contribution in [0.3, 0.4) is 0 Å². The van der Waals surface area contributed by atoms with Gasteiger partial charge in [-0.15, -0.1) is 0 Å². The highest BCUT2D eigenvalue weighted by Gasteiger charge is 2.30. The molecule has 3 aliphatic rings. The quantitative estimate of drug-likeness (QED) is 0.0324. The summed E-state index contributed by atoms with van der Waals surface area (Å²) in [4.78, 5) is 30.8. The van der Waals surface area contributed by atoms with Crippen LogP contribution in [0, 0.1) is 5.41 Å². The molecule has 2 fully saturated rings. The summed E-state index contributed by atoms with van der Waals surface area (Å²) in [5.74, 6) is -0.207. The van der Waals surface area contributed by atoms with Gasteiger partial charge in [-0.2, -0.15) is 0 Å². The van der Waals surface area contributed by atoms with Crippen molar-refractivity contribution >= 4 is 61.7 Å². The Bertz CT molecular complexity index is 2670. The SMILES string of the molecule is CC1(C)CCC(CNCCNc2ccc(C(=O)NS(=O)(=O)c3ccc(NC4CCC(N5CCOCC5)CC4)c(CC(O)CCC=O)c3)c(Oc3ccc4[nH]ccc4c3)c2)=C(c2ccc(Cl)cc2)C1. The average Bonchev–Trinajstić information content (AvgIpc) is 3.80. The van der Waals surface area contributed by atoms with E-state index in [-0.39, 0.29) is 46.9 Å². The third-order valence-corrected chi connectivity index (χ3v) is 15.2. The first-order valence-electron chi connectivity index (χ1n) is 24.0. The van der Waals surface area contributed by atoms with Gasteiger partial charge in [-0.1, -0.05) is 43.2 Å². The number of aliphatic hydroxyl groups excluding tert-OH is 1. The van der Waals surface area contributed by atoms with Crippen molar-refractivity contribution in [1.29, 1.82) is 0 Å². The molecule has 362 valence electrons. The summed E-state index contributed by atoms with van der Waals surface area (Å²) in [5.41, 5.74) is 7.17. The highest BCUT2D eigenvalue weighted by Crippen LogP contribution is 2.43. The minimum atomic E-state index is -4.41. The van der Waals surface area contributed by atoms with E-state index in [4.69, 9.17) is 21.1 Å². The molecule has 1 amide bonds. The van der Waals surface area contributed by atoms with E-state index in [2.05, 4.69) is 56.5 Å². The van der Waals surface area contributed by atoms with Gasteiger partial charge >= 0.3 is 0 Å². The van der Waals surface area contributed by atoms with Gasteiger partial charge in [0.05, 0.1) is 29.8 Å². The van der Waals surface area contributed by atoms with E-state index in [1.165, 1.54) is 28.8 Å². The van der Waals surface area contributed by atoms with E-state index < -0.39 is 22.0 Å². The number of nitrogens with one attached hydrogen (secondary N) is 5. The van der Waals surface area contributed by atoms with Crippen LogP contribution in [0.1, 0.15) is 93.1 Å². The molecular formula is C53H65ClN6O7S. The van der Waals surface area contributed by atoms with Gasteiger partial charge in [-0.05, 0) is 140 Å². The maximum absolute atomic E-state index is 14.1. The number of rotatable bonds is 20. The number of aldehydes is 1. The van der Waals surface area contributed by atoms with Crippen molar-refractivity contribution in [3.63, 3.8) is 0 Å². The highest BCUT2D eigenvalue weighted by molar-refractivity contribution is 7.90. The van der Waals surface area contributed by atoms with Crippen LogP contribution in [0.15, 0.2) is 102 Å². The average molecular weight is 966 g/mol. The fourth-order valence-electron chi connectivity index (χ4n) is 9.79. The van der Waals surface area contributed by atoms with Crippen molar-refractivity contribution in [2.75, 3.05) is 56.6 Å². The number of benzene rings is 4. The number of morpholine rings is 1. The maximum Gasteiger partial charge on any atom is 0.268 e. The number of hydrogen-bond acceptors (Lipinski definition) is 11. The van der Waals surface area contributed by atoms with Gasteiger partial charge in [-0.3, -0.25) is 9.69 Å². The second kappa shape index (κ2) is 22.5. The number of H-pyrrole nitrogens is 1. The summed E-state index contributed by atoms with van der Waals surface area (Å²) < 4.78 is 42.4. The minimum Gasteiger partial charge on any atom is -0.456 e. The van der Waals surface area contributed by atoms with Crippen LogP contribution in [0.25, 0.3) is 16.5 Å². The first-order chi connectivity index (χ1) is 32.8. The molecule has 0 spiro atoms. The third kappa shape index (κ3) is 12.9. The molecule has 8 rings (SSSR count). The molecule has 4 aromatic carbocycles. The predicted octanol–water partition coefficient (Wildman–Crippen LogP) is 9.34. The molecule has 2 heterocycles. The van der Waals surface area contributed by atoms with Crippen LogP contribution < -0.4 is 25.4 Å². The van der Waals surface area contributed by atoms with Crippen LogP contribution in [-0.4, -0.2) is 99.7 Å². The van der Waals surface area contributed by atoms with E-state index in [0.717, 1.165) is 106 Å². The lowest BCUT2D eigenvalue weighted by atomic mass is 9.72. The fourth-order valence-corrected chi connectivity index (χ4v) is 10.9. The Balaban J connectivity index is 0.963. The monoisotopic (exact) mass is 964 g/mol. The lowest BCUT2D eigenvalue weighted by Gasteiger charge is -2.39. The number of halogens is 1. The summed E-state index contributed by atoms with van der Waals surface area (Å²) in [6, 6.07) is 25.9. The van der Waals surface area contributed by atoms with Crippen molar-refractivity contribution in [2.24, 2.45) is 5.41 Å². The zero-order valence-electron chi connectivity index (χ0n) is 39.1. The second-order valence-electron chi connectivity index (χ2n) is 19.2. The van der Waals surface area contributed by atoms with Crippen molar-refractivity contribution in [3.05, 3.63) is 118 Å². The van der Waals surface area contributed by atoms with Crippen molar-refractivity contribution in [3.8, 4) is 11.5 Å². The number of ether oxygens (including phenoxy) is 2. The number of aliphatic hydroxyl groups is 1. The summed E-state index contributed by atoms with van der Waals surface area (Å²) in [6.45, 7) is 10.1. The van der Waals surface area contributed by atoms with Crippen LogP contribution >= 0.6 is 11.6 Å². The number of nitrogens with zero attached hydrogens (tertiary/aromatic N) is 1. The van der Waals surface area contributed by atoms with Gasteiger partial charge in [0.1, 0.15) is 17.8 Å². The third-order valence-electron chi connectivity index (χ3n) is 13.6. The van der Waals surface area contributed by atoms with Gasteiger partial charge in [0.25, 0.3) is 15.9 Å². The van der Waals surface area contributed by atoms with Crippen LogP contribution in [0.5, 0.6) is 11.5 Å². The molecule has 1 unspecified atom stereocenters. The van der Waals surface area contributed by atoms with Crippen molar-refractivity contribution < 1.29 is 32.6 Å². The molecule has 0 bridgehead atoms. The molecule has 1 aromatic heterocycles. The Labute approximate surface area is 405 Å². The molecular weight excluding hydrogens is 900 g/mol. The number of allylic oxidation sites excluding steroid dienone is 1. The zero-order chi connectivity index (χ0) is 47.7. The summed E-state index contributed by atoms with van der Waals surface area (Å²) in [7, 11) is -4.41. The van der Waals surface area contributed by atoms with Crippen LogP contribution in [0.4, 0.5) is 11.4 Å². The number of carbonyl (C=O) groups excluding carboxylic acids is 2. The molecule has 5 aromatic rings. The molecule has 1 saturated carbocycles. The first kappa shape index (κ1) is 49.2. The summed E-state index contributed by atoms with van der Waals surface area (Å²) in [5, 5.41) is 23.2. The Morgan fingerprint density at radius 2 is 1.78 bits per heavy atom. The van der Waals surface area contributed by atoms with Crippen LogP contribution in [-0.2, 0) is 26.0 Å². The van der Waals surface area contributed by atoms with E-state index in [1.54, 1.807) is 30.3 Å². The molecule has 2 aliphatic carbocycles. The predicted molar refractivity (Wildman–Crippen MR) is 270 cm³/mol. The van der Waals surface area contributed by atoms with E-state index in [0.29, 0.717) is 36.1 Å². The van der Waals surface area contributed by atoms with Gasteiger partial charge in [-0.25, -0.2) is 13.1 Å². The first-order valence-corrected chi connectivity index (χ1v) is 25.9. The van der Waals surface area contributed by atoms with Gasteiger partial charge in [0, 0.05) is 97.2 Å². The van der Waals surface area contributed by atoms with Crippen molar-refractivity contribution in [2.45, 2.75) is 101 Å². The number of fused-ring (bicyclic) bond motifs is 1. The van der Waals surface area contributed by atoms with Gasteiger partial charge < -0.3 is 40.3 Å². The molecule has 68 heavy (non-hydrogen) atoms. The summed E-state index contributed by atoms with van der Waals surface area (Å²) >= 11 is 6.22. The lowest BCUT2D eigenvalue weighted by Crippen LogP contribution is -2.46. The number of aromatic amines is 1. The Morgan fingerprint density at radius 1 is 0.985 bits per heavy atom. The Morgan fingerprint density at radius 3 is 2.56 bits per heavy atom. The van der Waals surface area contributed by atoms with Crippen molar-refractivity contribution in [1.82, 2.24) is 19.9 Å². The smallest absolute Gasteiger partial charge is 0.268 e. The maximum atomic E-state index is 14.1. The highest BCUT2D eigenvalue weighted by atomic mass is 35.5. The van der Waals surface area contributed by atoms with Gasteiger partial charge in [0.2, 0.25) is 0 Å². The number of amides is 1. The number of aromatic nitrogens is 1. The standard InChI is InChI=1S/C53H65ClN6O7S/c1-53(2)21-19-38(48(34-53)36-5-7-40(54)8-6-36)35-55-23-24-56-42-11-16-47(51(33-42)67-45-14-17-49-37(31-45)20-22-57-49)52(63)59-68(64,65)46-15-18-50(39(32-46)30-44(62)4-3-27-61)58-41-9-12-43(13-10-41)60-25-28-66-29-26-60/h5-8,11,14-18,20,22,27,31-33,41,43-44,55-58,62H,3-4,9-10,12-13,19,21,23-26,28-30,34-35H2,1-2H3,(H,59,63). The largest absolute Gasteiger partial charge is 0.456 e. The summed E-state index contributed by atoms with van der Waals surface area (Å²) in [6.07, 6.45) is 9.40.